The number of carbonyl (C=O) groups excluding carboxylic acids is 4. The molecule has 0 aromatic heterocycles. The molecular weight excluding hydrogens is 326 g/mol. The predicted molar refractivity (Wildman–Crippen MR) is 76.2 cm³/mol. The molecule has 10 heteroatoms. The minimum atomic E-state index is -3.62. The van der Waals surface area contributed by atoms with E-state index in [9.17, 15) is 39.6 Å². The number of hydrogen-bond acceptors (Lipinski definition) is 9. The highest BCUT2D eigenvalue weighted by atomic mass is 16.7. The molecule has 1 aliphatic heterocycles. The lowest BCUT2D eigenvalue weighted by Gasteiger charge is -2.56. The van der Waals surface area contributed by atoms with E-state index >= 15 is 0 Å². The average Bonchev–Trinajstić information content (AvgIpc) is 2.71. The van der Waals surface area contributed by atoms with Crippen molar-refractivity contribution in [2.24, 2.45) is 0 Å². The maximum atomic E-state index is 12.7. The second kappa shape index (κ2) is 6.65. The van der Waals surface area contributed by atoms with Gasteiger partial charge < -0.3 is 25.2 Å². The van der Waals surface area contributed by atoms with Crippen LogP contribution in [-0.4, -0.2) is 85.0 Å². The topological polar surface area (TPSA) is 162 Å². The fourth-order valence-corrected chi connectivity index (χ4v) is 2.75. The molecule has 0 radical (unpaired) electrons. The predicted octanol–water partition coefficient (Wildman–Crippen LogP) is -2.90. The van der Waals surface area contributed by atoms with Gasteiger partial charge >= 0.3 is 0 Å². The van der Waals surface area contributed by atoms with Crippen LogP contribution in [0.4, 0.5) is 0 Å². The number of amides is 2. The van der Waals surface area contributed by atoms with Crippen molar-refractivity contribution in [2.75, 3.05) is 6.61 Å². The number of ether oxygens (including phenoxy) is 1. The summed E-state index contributed by atoms with van der Waals surface area (Å²) >= 11 is 0. The van der Waals surface area contributed by atoms with Crippen LogP contribution in [0.1, 0.15) is 33.1 Å². The van der Waals surface area contributed by atoms with Crippen LogP contribution in [0, 0.1) is 0 Å². The molecule has 10 nitrogen and oxygen atoms in total. The van der Waals surface area contributed by atoms with Crippen LogP contribution in [-0.2, 0) is 23.9 Å². The molecule has 24 heavy (non-hydrogen) atoms. The van der Waals surface area contributed by atoms with Gasteiger partial charge in [-0.05, 0) is 6.90 Å². The molecule has 1 aliphatic rings. The highest BCUT2D eigenvalue weighted by Crippen LogP contribution is 2.42. The van der Waals surface area contributed by atoms with Crippen molar-refractivity contribution < 1.29 is 49.8 Å². The van der Waals surface area contributed by atoms with Crippen molar-refractivity contribution in [1.29, 1.82) is 0 Å². The number of aliphatic hydroxyl groups is 4. The summed E-state index contributed by atoms with van der Waals surface area (Å²) in [6, 6.07) is 0. The number of carbonyl (C=O) groups is 4. The molecule has 1 heterocycles. The second-order valence-electron chi connectivity index (χ2n) is 5.15. The summed E-state index contributed by atoms with van der Waals surface area (Å²) in [5.74, 6) is -9.93. The Morgan fingerprint density at radius 1 is 1.08 bits per heavy atom. The lowest BCUT2D eigenvalue weighted by molar-refractivity contribution is -0.334. The van der Waals surface area contributed by atoms with Crippen LogP contribution >= 0.6 is 0 Å². The van der Waals surface area contributed by atoms with E-state index in [1.807, 2.05) is 0 Å². The van der Waals surface area contributed by atoms with Gasteiger partial charge in [0.25, 0.3) is 5.79 Å². The molecule has 4 N–H and O–H groups in total. The molecule has 0 aliphatic carbocycles. The Morgan fingerprint density at radius 2 is 1.62 bits per heavy atom. The number of Topliss-reactive ketones (excluding diaryl/α,β-unsaturated/α-hetero) is 2. The molecule has 1 saturated heterocycles. The highest BCUT2D eigenvalue weighted by molar-refractivity contribution is 6.06. The Bertz CT molecular complexity index is 634. The number of nitrogens with zero attached hydrogens (tertiary/aromatic N) is 1. The largest absolute Gasteiger partial charge is 0.394 e. The Balaban J connectivity index is 4.00. The molecule has 2 amide bonds. The molecule has 0 bridgehead atoms. The van der Waals surface area contributed by atoms with Crippen molar-refractivity contribution in [3.05, 3.63) is 0 Å². The molecule has 5 atom stereocenters. The zero-order valence-electron chi connectivity index (χ0n) is 16.5. The van der Waals surface area contributed by atoms with Crippen molar-refractivity contribution in [2.45, 2.75) is 57.2 Å². The lowest BCUT2D eigenvalue weighted by Crippen LogP contribution is -2.84. The molecule has 1 fully saturated rings. The van der Waals surface area contributed by atoms with E-state index in [4.69, 9.17) is 10.2 Å². The van der Waals surface area contributed by atoms with Gasteiger partial charge in [-0.15, -0.1) is 0 Å². The summed E-state index contributed by atoms with van der Waals surface area (Å²) in [4.78, 5) is 49.4. The Kier molecular flexibility index (Phi) is 4.05. The van der Waals surface area contributed by atoms with E-state index in [2.05, 4.69) is 0 Å². The molecule has 1 unspecified atom stereocenters. The van der Waals surface area contributed by atoms with Crippen molar-refractivity contribution in [3.63, 3.8) is 0 Å². The van der Waals surface area contributed by atoms with Crippen LogP contribution in [0.5, 0.6) is 0 Å². The van der Waals surface area contributed by atoms with E-state index in [0.717, 1.165) is 0 Å². The SMILES string of the molecule is [2H]CC(=O)N(C(=O)C[2H])[C@]1(C(=O)C[2H])[C@@H](O)[C@H](O)[C@@H](CO)OC1(O)C(=O)C[2H]. The fourth-order valence-electron chi connectivity index (χ4n) is 2.75. The van der Waals surface area contributed by atoms with Crippen LogP contribution in [0.25, 0.3) is 0 Å². The van der Waals surface area contributed by atoms with Gasteiger partial charge in [0, 0.05) is 26.2 Å². The van der Waals surface area contributed by atoms with Crippen molar-refractivity contribution >= 4 is 23.4 Å². The summed E-state index contributed by atoms with van der Waals surface area (Å²) in [5, 5.41) is 41.1. The third-order valence-corrected chi connectivity index (χ3v) is 3.81. The van der Waals surface area contributed by atoms with E-state index in [1.54, 1.807) is 0 Å². The fraction of sp³-hybridized carbons (Fsp3) is 0.714. The minimum Gasteiger partial charge on any atom is -0.394 e. The third-order valence-electron chi connectivity index (χ3n) is 3.81. The average molecular weight is 351 g/mol. The summed E-state index contributed by atoms with van der Waals surface area (Å²) in [5.41, 5.74) is -3.44. The Hall–Kier alpha value is -1.72. The van der Waals surface area contributed by atoms with Crippen molar-refractivity contribution in [3.8, 4) is 0 Å². The third kappa shape index (κ3) is 2.56. The van der Waals surface area contributed by atoms with E-state index < -0.39 is 87.2 Å². The molecule has 0 spiro atoms. The van der Waals surface area contributed by atoms with E-state index in [0.29, 0.717) is 0 Å². The minimum absolute atomic E-state index is 0.223. The number of imide groups is 1. The normalized spacial score (nSPS) is 38.2. The molecule has 0 aromatic rings. The smallest absolute Gasteiger partial charge is 0.261 e. The Labute approximate surface area is 143 Å². The monoisotopic (exact) mass is 351 g/mol. The van der Waals surface area contributed by atoms with Gasteiger partial charge in [-0.1, -0.05) is 0 Å². The summed E-state index contributed by atoms with van der Waals surface area (Å²) in [6.45, 7) is -6.12. The zero-order chi connectivity index (χ0) is 21.9. The first kappa shape index (κ1) is 14.6. The lowest BCUT2D eigenvalue weighted by atomic mass is 9.71. The number of ketones is 2. The van der Waals surface area contributed by atoms with Gasteiger partial charge in [-0.25, -0.2) is 0 Å². The molecule has 0 aromatic carbocycles. The molecular formula is C14H21NO9. The van der Waals surface area contributed by atoms with Gasteiger partial charge in [0.05, 0.1) is 6.61 Å². The summed E-state index contributed by atoms with van der Waals surface area (Å²) in [6.07, 6.45) is -6.72. The Morgan fingerprint density at radius 3 is 2.04 bits per heavy atom. The summed E-state index contributed by atoms with van der Waals surface area (Å²) < 4.78 is 33.8. The van der Waals surface area contributed by atoms with E-state index in [1.165, 1.54) is 0 Å². The number of hydrogen-bond donors (Lipinski definition) is 4. The first-order valence-corrected chi connectivity index (χ1v) is 6.51. The molecule has 0 saturated carbocycles. The number of aliphatic hydroxyl groups excluding tert-OH is 3. The first-order chi connectivity index (χ1) is 13.0. The molecule has 1 rings (SSSR count). The zero-order valence-corrected chi connectivity index (χ0v) is 12.5. The van der Waals surface area contributed by atoms with Crippen LogP contribution in [0.2, 0.25) is 0 Å². The standard InChI is InChI=1S/C14H21NO9/c1-6(17)13(15(8(3)19)9(4)20)12(22)11(21)10(5-16)24-14(13,23)7(2)18/h10-12,16,21-23H,5H2,1-4H3/t10-,11-,12+,13-,14?/m1/s1/i1D,2D,3D,4D. The summed E-state index contributed by atoms with van der Waals surface area (Å²) in [7, 11) is 0. The van der Waals surface area contributed by atoms with Crippen LogP contribution in [0.3, 0.4) is 0 Å². The van der Waals surface area contributed by atoms with Gasteiger partial charge in [0.15, 0.2) is 17.1 Å². The van der Waals surface area contributed by atoms with Gasteiger partial charge in [0.1, 0.15) is 18.3 Å². The number of rotatable bonds is 4. The molecule has 136 valence electrons. The van der Waals surface area contributed by atoms with E-state index in [-0.39, 0.29) is 4.90 Å². The van der Waals surface area contributed by atoms with Gasteiger partial charge in [-0.3, -0.25) is 24.1 Å². The first-order valence-electron chi connectivity index (χ1n) is 9.34. The van der Waals surface area contributed by atoms with Crippen LogP contribution in [0.15, 0.2) is 0 Å². The van der Waals surface area contributed by atoms with Crippen LogP contribution < -0.4 is 0 Å². The highest BCUT2D eigenvalue weighted by Gasteiger charge is 2.73. The second-order valence-corrected chi connectivity index (χ2v) is 5.15. The van der Waals surface area contributed by atoms with Gasteiger partial charge in [0.2, 0.25) is 11.8 Å². The maximum Gasteiger partial charge on any atom is 0.261 e. The van der Waals surface area contributed by atoms with Gasteiger partial charge in [-0.2, -0.15) is 0 Å². The quantitative estimate of drug-likeness (QED) is 0.416. The van der Waals surface area contributed by atoms with Crippen molar-refractivity contribution in [1.82, 2.24) is 4.90 Å². The maximum absolute atomic E-state index is 12.7.